The summed E-state index contributed by atoms with van der Waals surface area (Å²) in [5.41, 5.74) is 6.33. The Morgan fingerprint density at radius 3 is 3.21 bits per heavy atom. The summed E-state index contributed by atoms with van der Waals surface area (Å²) in [6.07, 6.45) is 1.09. The molecular formula is C10H14N2O2. The van der Waals surface area contributed by atoms with Gasteiger partial charge in [-0.3, -0.25) is 0 Å². The number of hydrogen-bond donors (Lipinski definition) is 1. The van der Waals surface area contributed by atoms with Crippen molar-refractivity contribution in [1.29, 1.82) is 0 Å². The van der Waals surface area contributed by atoms with Crippen molar-refractivity contribution >= 4 is 0 Å². The molecule has 0 amide bonds. The molecule has 0 saturated carbocycles. The lowest BCUT2D eigenvalue weighted by Crippen LogP contribution is -2.16. The highest BCUT2D eigenvalue weighted by Gasteiger charge is 2.17. The highest BCUT2D eigenvalue weighted by molar-refractivity contribution is 5.15. The first-order valence-corrected chi connectivity index (χ1v) is 4.79. The fourth-order valence-corrected chi connectivity index (χ4v) is 1.41. The van der Waals surface area contributed by atoms with Crippen LogP contribution < -0.4 is 10.5 Å². The number of hydrogen-bond acceptors (Lipinski definition) is 4. The molecule has 2 rings (SSSR count). The molecule has 1 unspecified atom stereocenters. The number of nitrogens with two attached hydrogens (primary N) is 1. The average molecular weight is 194 g/mol. The van der Waals surface area contributed by atoms with Gasteiger partial charge in [-0.1, -0.05) is 6.07 Å². The van der Waals surface area contributed by atoms with Gasteiger partial charge < -0.3 is 15.2 Å². The molecule has 0 bridgehead atoms. The van der Waals surface area contributed by atoms with Crippen molar-refractivity contribution in [2.45, 2.75) is 19.1 Å². The highest BCUT2D eigenvalue weighted by atomic mass is 16.5. The van der Waals surface area contributed by atoms with Gasteiger partial charge in [0.15, 0.2) is 0 Å². The Kier molecular flexibility index (Phi) is 2.96. The smallest absolute Gasteiger partial charge is 0.213 e. The molecule has 4 heteroatoms. The summed E-state index contributed by atoms with van der Waals surface area (Å²) in [6.45, 7) is 1.88. The van der Waals surface area contributed by atoms with Crippen LogP contribution in [-0.4, -0.2) is 24.3 Å². The first kappa shape index (κ1) is 9.43. The van der Waals surface area contributed by atoms with Crippen molar-refractivity contribution < 1.29 is 9.47 Å². The predicted molar refractivity (Wildman–Crippen MR) is 52.0 cm³/mol. The number of pyridine rings is 1. The summed E-state index contributed by atoms with van der Waals surface area (Å²) >= 11 is 0. The van der Waals surface area contributed by atoms with E-state index in [1.165, 1.54) is 0 Å². The molecule has 0 aliphatic carbocycles. The van der Waals surface area contributed by atoms with Crippen LogP contribution in [0, 0.1) is 0 Å². The van der Waals surface area contributed by atoms with E-state index in [0.717, 1.165) is 18.7 Å². The van der Waals surface area contributed by atoms with Gasteiger partial charge in [0.1, 0.15) is 6.10 Å². The predicted octanol–water partition coefficient (Wildman–Crippen LogP) is 0.708. The van der Waals surface area contributed by atoms with Crippen molar-refractivity contribution in [3.63, 3.8) is 0 Å². The van der Waals surface area contributed by atoms with Crippen LogP contribution in [0.3, 0.4) is 0 Å². The van der Waals surface area contributed by atoms with Gasteiger partial charge in [-0.05, 0) is 6.07 Å². The lowest BCUT2D eigenvalue weighted by atomic mass is 10.3. The summed E-state index contributed by atoms with van der Waals surface area (Å²) in [4.78, 5) is 4.25. The summed E-state index contributed by atoms with van der Waals surface area (Å²) in [5, 5.41) is 0. The normalized spacial score (nSPS) is 21.1. The van der Waals surface area contributed by atoms with E-state index in [4.69, 9.17) is 15.2 Å². The third kappa shape index (κ3) is 2.21. The molecule has 1 aliphatic heterocycles. The second kappa shape index (κ2) is 4.39. The quantitative estimate of drug-likeness (QED) is 0.769. The fourth-order valence-electron chi connectivity index (χ4n) is 1.41. The second-order valence-electron chi connectivity index (χ2n) is 3.27. The lowest BCUT2D eigenvalue weighted by Gasteiger charge is -2.10. The molecule has 2 heterocycles. The molecule has 0 radical (unpaired) electrons. The topological polar surface area (TPSA) is 57.4 Å². The number of rotatable bonds is 3. The molecular weight excluding hydrogens is 180 g/mol. The Balaban J connectivity index is 2.00. The van der Waals surface area contributed by atoms with E-state index in [9.17, 15) is 0 Å². The van der Waals surface area contributed by atoms with Crippen molar-refractivity contribution in [1.82, 2.24) is 4.98 Å². The number of aromatic nitrogens is 1. The third-order valence-corrected chi connectivity index (χ3v) is 2.17. The van der Waals surface area contributed by atoms with Crippen LogP contribution in [0.2, 0.25) is 0 Å². The van der Waals surface area contributed by atoms with E-state index in [2.05, 4.69) is 4.98 Å². The molecule has 2 N–H and O–H groups in total. The van der Waals surface area contributed by atoms with Crippen LogP contribution in [0.15, 0.2) is 18.2 Å². The van der Waals surface area contributed by atoms with E-state index in [-0.39, 0.29) is 6.10 Å². The second-order valence-corrected chi connectivity index (χ2v) is 3.27. The van der Waals surface area contributed by atoms with Crippen LogP contribution >= 0.6 is 0 Å². The Hall–Kier alpha value is -1.13. The van der Waals surface area contributed by atoms with Crippen LogP contribution in [0.1, 0.15) is 12.1 Å². The third-order valence-electron chi connectivity index (χ3n) is 2.17. The minimum Gasteiger partial charge on any atom is -0.472 e. The summed E-state index contributed by atoms with van der Waals surface area (Å²) in [7, 11) is 0. The molecule has 76 valence electrons. The highest BCUT2D eigenvalue weighted by Crippen LogP contribution is 2.14. The van der Waals surface area contributed by atoms with Gasteiger partial charge >= 0.3 is 0 Å². The van der Waals surface area contributed by atoms with Crippen LogP contribution in [0.5, 0.6) is 5.88 Å². The van der Waals surface area contributed by atoms with Crippen LogP contribution in [0.25, 0.3) is 0 Å². The zero-order chi connectivity index (χ0) is 9.80. The van der Waals surface area contributed by atoms with Gasteiger partial charge in [-0.25, -0.2) is 4.98 Å². The number of ether oxygens (including phenoxy) is 2. The van der Waals surface area contributed by atoms with Crippen LogP contribution in [-0.2, 0) is 11.3 Å². The van der Waals surface area contributed by atoms with Gasteiger partial charge in [0.05, 0.1) is 18.9 Å². The molecule has 1 aromatic heterocycles. The van der Waals surface area contributed by atoms with E-state index in [1.807, 2.05) is 18.2 Å². The van der Waals surface area contributed by atoms with Gasteiger partial charge in [-0.15, -0.1) is 0 Å². The van der Waals surface area contributed by atoms with Gasteiger partial charge in [0.25, 0.3) is 0 Å². The molecule has 1 aromatic rings. The molecule has 1 aliphatic rings. The first-order chi connectivity index (χ1) is 6.88. The Morgan fingerprint density at radius 2 is 2.50 bits per heavy atom. The van der Waals surface area contributed by atoms with E-state index in [1.54, 1.807) is 0 Å². The monoisotopic (exact) mass is 194 g/mol. The summed E-state index contributed by atoms with van der Waals surface area (Å²) < 4.78 is 10.8. The SMILES string of the molecule is NCc1cccc(OC2CCOC2)n1. The zero-order valence-corrected chi connectivity index (χ0v) is 7.98. The molecule has 4 nitrogen and oxygen atoms in total. The zero-order valence-electron chi connectivity index (χ0n) is 7.98. The summed E-state index contributed by atoms with van der Waals surface area (Å²) in [6, 6.07) is 5.63. The van der Waals surface area contributed by atoms with Crippen LogP contribution in [0.4, 0.5) is 0 Å². The minimum absolute atomic E-state index is 0.149. The maximum absolute atomic E-state index is 5.63. The molecule has 0 aromatic carbocycles. The Morgan fingerprint density at radius 1 is 1.57 bits per heavy atom. The van der Waals surface area contributed by atoms with Crippen molar-refractivity contribution in [3.05, 3.63) is 23.9 Å². The van der Waals surface area contributed by atoms with E-state index >= 15 is 0 Å². The largest absolute Gasteiger partial charge is 0.472 e. The molecule has 1 atom stereocenters. The van der Waals surface area contributed by atoms with Crippen molar-refractivity contribution in [2.75, 3.05) is 13.2 Å². The van der Waals surface area contributed by atoms with Gasteiger partial charge in [-0.2, -0.15) is 0 Å². The van der Waals surface area contributed by atoms with Gasteiger partial charge in [0.2, 0.25) is 5.88 Å². The molecule has 14 heavy (non-hydrogen) atoms. The van der Waals surface area contributed by atoms with E-state index in [0.29, 0.717) is 19.0 Å². The van der Waals surface area contributed by atoms with Crippen molar-refractivity contribution in [2.24, 2.45) is 5.73 Å². The Labute approximate surface area is 83.0 Å². The maximum atomic E-state index is 5.63. The van der Waals surface area contributed by atoms with Gasteiger partial charge in [0, 0.05) is 19.0 Å². The average Bonchev–Trinajstić information content (AvgIpc) is 2.71. The Bertz CT molecular complexity index is 298. The summed E-state index contributed by atoms with van der Waals surface area (Å²) in [5.74, 6) is 0.642. The lowest BCUT2D eigenvalue weighted by molar-refractivity contribution is 0.138. The van der Waals surface area contributed by atoms with Crippen molar-refractivity contribution in [3.8, 4) is 5.88 Å². The maximum Gasteiger partial charge on any atom is 0.213 e. The molecule has 0 spiro atoms. The molecule has 1 saturated heterocycles. The minimum atomic E-state index is 0.149. The van der Waals surface area contributed by atoms with E-state index < -0.39 is 0 Å². The first-order valence-electron chi connectivity index (χ1n) is 4.79. The standard InChI is InChI=1S/C10H14N2O2/c11-6-8-2-1-3-10(12-8)14-9-4-5-13-7-9/h1-3,9H,4-7,11H2. The number of nitrogens with zero attached hydrogens (tertiary/aromatic N) is 1. The molecule has 1 fully saturated rings. The fraction of sp³-hybridized carbons (Fsp3) is 0.500.